The molecule has 3 rings (SSSR count). The lowest BCUT2D eigenvalue weighted by molar-refractivity contribution is 0.944. The Hall–Kier alpha value is -3.55. The van der Waals surface area contributed by atoms with Gasteiger partial charge in [0.15, 0.2) is 0 Å². The third kappa shape index (κ3) is 5.23. The normalized spacial score (nSPS) is 11.0. The molecule has 0 spiro atoms. The van der Waals surface area contributed by atoms with Gasteiger partial charge in [0.1, 0.15) is 0 Å². The fourth-order valence-corrected chi connectivity index (χ4v) is 2.54. The molecule has 0 saturated heterocycles. The van der Waals surface area contributed by atoms with Gasteiger partial charge in [-0.25, -0.2) is 0 Å². The van der Waals surface area contributed by atoms with Gasteiger partial charge in [-0.2, -0.15) is 25.2 Å². The lowest BCUT2D eigenvalue weighted by atomic mass is 10.2. The molecule has 0 fully saturated rings. The average Bonchev–Trinajstić information content (AvgIpc) is 2.66. The number of nitrogens with one attached hydrogen (secondary N) is 2. The zero-order chi connectivity index (χ0) is 19.9. The first-order valence-electron chi connectivity index (χ1n) is 9.15. The molecule has 3 aromatic rings. The van der Waals surface area contributed by atoms with E-state index in [1.165, 1.54) is 0 Å². The second-order valence-electron chi connectivity index (χ2n) is 6.43. The molecule has 0 aliphatic rings. The summed E-state index contributed by atoms with van der Waals surface area (Å²) in [7, 11) is 0. The van der Waals surface area contributed by atoms with Gasteiger partial charge in [0.05, 0.1) is 11.4 Å². The standard InChI is InChI=1S/C20H24N8/c1-4-10-22-19-24-18(21)25-20(26-19)23-17-9-8-16(12-14(17)3)28-27-15-7-5-6-13(2)11-15/h5-9,11-12H,4,10H2,1-3H3,(H4,21,22,23,24,25,26). The molecule has 0 amide bonds. The van der Waals surface area contributed by atoms with Gasteiger partial charge in [-0.05, 0) is 61.7 Å². The van der Waals surface area contributed by atoms with Gasteiger partial charge in [0.2, 0.25) is 17.8 Å². The Bertz CT molecular complexity index is 984. The quantitative estimate of drug-likeness (QED) is 0.497. The van der Waals surface area contributed by atoms with Gasteiger partial charge in [-0.3, -0.25) is 0 Å². The smallest absolute Gasteiger partial charge is 0.233 e. The molecule has 2 aromatic carbocycles. The van der Waals surface area contributed by atoms with Gasteiger partial charge in [-0.15, -0.1) is 0 Å². The molecule has 0 radical (unpaired) electrons. The van der Waals surface area contributed by atoms with E-state index in [-0.39, 0.29) is 5.95 Å². The minimum Gasteiger partial charge on any atom is -0.368 e. The molecular weight excluding hydrogens is 352 g/mol. The van der Waals surface area contributed by atoms with Gasteiger partial charge < -0.3 is 16.4 Å². The van der Waals surface area contributed by atoms with E-state index < -0.39 is 0 Å². The number of benzene rings is 2. The molecule has 4 N–H and O–H groups in total. The highest BCUT2D eigenvalue weighted by Gasteiger charge is 2.07. The molecule has 1 heterocycles. The van der Waals surface area contributed by atoms with E-state index >= 15 is 0 Å². The summed E-state index contributed by atoms with van der Waals surface area (Å²) in [4.78, 5) is 12.6. The van der Waals surface area contributed by atoms with Crippen molar-refractivity contribution in [1.82, 2.24) is 15.0 Å². The Morgan fingerprint density at radius 3 is 2.39 bits per heavy atom. The molecular formula is C20H24N8. The first-order valence-corrected chi connectivity index (χ1v) is 9.15. The summed E-state index contributed by atoms with van der Waals surface area (Å²) >= 11 is 0. The number of anilines is 4. The van der Waals surface area contributed by atoms with Crippen LogP contribution in [0.5, 0.6) is 0 Å². The highest BCUT2D eigenvalue weighted by atomic mass is 15.2. The number of rotatable bonds is 7. The predicted octanol–water partition coefficient (Wildman–Crippen LogP) is 5.05. The SMILES string of the molecule is CCCNc1nc(N)nc(Nc2ccc(N=Nc3cccc(C)c3)cc2C)n1. The number of azo groups is 1. The monoisotopic (exact) mass is 376 g/mol. The summed E-state index contributed by atoms with van der Waals surface area (Å²) in [5, 5.41) is 14.9. The number of hydrogen-bond donors (Lipinski definition) is 3. The van der Waals surface area contributed by atoms with Crippen LogP contribution in [0.3, 0.4) is 0 Å². The Kier molecular flexibility index (Phi) is 6.11. The zero-order valence-corrected chi connectivity index (χ0v) is 16.3. The van der Waals surface area contributed by atoms with Gasteiger partial charge in [-0.1, -0.05) is 19.1 Å². The lowest BCUT2D eigenvalue weighted by Gasteiger charge is -2.10. The van der Waals surface area contributed by atoms with Crippen LogP contribution >= 0.6 is 0 Å². The molecule has 28 heavy (non-hydrogen) atoms. The van der Waals surface area contributed by atoms with Crippen molar-refractivity contribution in [2.75, 3.05) is 22.9 Å². The second kappa shape index (κ2) is 8.90. The number of nitrogens with two attached hydrogens (primary N) is 1. The Morgan fingerprint density at radius 2 is 1.68 bits per heavy atom. The van der Waals surface area contributed by atoms with Crippen molar-refractivity contribution in [3.63, 3.8) is 0 Å². The van der Waals surface area contributed by atoms with E-state index in [1.54, 1.807) is 0 Å². The number of nitrogens with zero attached hydrogens (tertiary/aromatic N) is 5. The van der Waals surface area contributed by atoms with Crippen molar-refractivity contribution in [1.29, 1.82) is 0 Å². The molecule has 144 valence electrons. The third-order valence-electron chi connectivity index (χ3n) is 3.92. The first-order chi connectivity index (χ1) is 13.5. The van der Waals surface area contributed by atoms with E-state index in [4.69, 9.17) is 5.73 Å². The number of aryl methyl sites for hydroxylation is 2. The van der Waals surface area contributed by atoms with Crippen LogP contribution < -0.4 is 16.4 Å². The van der Waals surface area contributed by atoms with Crippen molar-refractivity contribution in [3.8, 4) is 0 Å². The highest BCUT2D eigenvalue weighted by molar-refractivity contribution is 5.63. The number of nitrogen functional groups attached to an aromatic ring is 1. The van der Waals surface area contributed by atoms with Gasteiger partial charge in [0.25, 0.3) is 0 Å². The van der Waals surface area contributed by atoms with Crippen molar-refractivity contribution < 1.29 is 0 Å². The van der Waals surface area contributed by atoms with Crippen LogP contribution in [0.1, 0.15) is 24.5 Å². The van der Waals surface area contributed by atoms with E-state index in [2.05, 4.69) is 42.7 Å². The van der Waals surface area contributed by atoms with E-state index in [0.717, 1.165) is 41.2 Å². The second-order valence-corrected chi connectivity index (χ2v) is 6.43. The van der Waals surface area contributed by atoms with Gasteiger partial charge >= 0.3 is 0 Å². The van der Waals surface area contributed by atoms with E-state index in [9.17, 15) is 0 Å². The van der Waals surface area contributed by atoms with Crippen molar-refractivity contribution in [3.05, 3.63) is 53.6 Å². The molecule has 0 unspecified atom stereocenters. The minimum atomic E-state index is 0.164. The number of hydrogen-bond acceptors (Lipinski definition) is 8. The maximum atomic E-state index is 5.78. The fraction of sp³-hybridized carbons (Fsp3) is 0.250. The maximum absolute atomic E-state index is 5.78. The molecule has 0 saturated carbocycles. The molecule has 0 bridgehead atoms. The predicted molar refractivity (Wildman–Crippen MR) is 113 cm³/mol. The summed E-state index contributed by atoms with van der Waals surface area (Å²) in [6, 6.07) is 13.7. The maximum Gasteiger partial charge on any atom is 0.233 e. The minimum absolute atomic E-state index is 0.164. The number of aromatic nitrogens is 3. The van der Waals surface area contributed by atoms with Crippen molar-refractivity contribution in [2.24, 2.45) is 10.2 Å². The van der Waals surface area contributed by atoms with E-state index in [0.29, 0.717) is 11.9 Å². The average molecular weight is 376 g/mol. The van der Waals surface area contributed by atoms with Gasteiger partial charge in [0, 0.05) is 12.2 Å². The molecule has 0 atom stereocenters. The van der Waals surface area contributed by atoms with Crippen LogP contribution in [0.2, 0.25) is 0 Å². The molecule has 1 aromatic heterocycles. The zero-order valence-electron chi connectivity index (χ0n) is 16.3. The Labute approximate surface area is 164 Å². The Morgan fingerprint density at radius 1 is 0.929 bits per heavy atom. The summed E-state index contributed by atoms with van der Waals surface area (Å²) in [6.07, 6.45) is 0.964. The van der Waals surface area contributed by atoms with Crippen LogP contribution in [-0.2, 0) is 0 Å². The van der Waals surface area contributed by atoms with Crippen LogP contribution in [0.15, 0.2) is 52.7 Å². The van der Waals surface area contributed by atoms with Crippen LogP contribution in [0.25, 0.3) is 0 Å². The lowest BCUT2D eigenvalue weighted by Crippen LogP contribution is -2.10. The molecule has 0 aliphatic carbocycles. The highest BCUT2D eigenvalue weighted by Crippen LogP contribution is 2.26. The molecule has 0 aliphatic heterocycles. The van der Waals surface area contributed by atoms with Crippen LogP contribution in [-0.4, -0.2) is 21.5 Å². The van der Waals surface area contributed by atoms with Crippen LogP contribution in [0.4, 0.5) is 34.9 Å². The summed E-state index contributed by atoms with van der Waals surface area (Å²) in [5.74, 6) is 1.01. The third-order valence-corrected chi connectivity index (χ3v) is 3.92. The summed E-state index contributed by atoms with van der Waals surface area (Å²) < 4.78 is 0. The molecule has 8 nitrogen and oxygen atoms in total. The molecule has 8 heteroatoms. The topological polar surface area (TPSA) is 113 Å². The summed E-state index contributed by atoms with van der Waals surface area (Å²) in [6.45, 7) is 6.84. The van der Waals surface area contributed by atoms with E-state index in [1.807, 2.05) is 56.3 Å². The first kappa shape index (κ1) is 19.2. The van der Waals surface area contributed by atoms with Crippen molar-refractivity contribution >= 4 is 34.9 Å². The van der Waals surface area contributed by atoms with Crippen molar-refractivity contribution in [2.45, 2.75) is 27.2 Å². The Balaban J connectivity index is 1.75. The largest absolute Gasteiger partial charge is 0.368 e. The fourth-order valence-electron chi connectivity index (χ4n) is 2.54. The summed E-state index contributed by atoms with van der Waals surface area (Å²) in [5.41, 5.74) is 10.4. The van der Waals surface area contributed by atoms with Crippen LogP contribution in [0, 0.1) is 13.8 Å².